The number of carbonyl (C=O) groups excluding carboxylic acids is 2. The number of nitrogens with zero attached hydrogens (tertiary/aromatic N) is 2. The van der Waals surface area contributed by atoms with Gasteiger partial charge in [-0.05, 0) is 52.4 Å². The monoisotopic (exact) mass is 319 g/mol. The molecule has 1 rings (SSSR count). The van der Waals surface area contributed by atoms with E-state index >= 15 is 0 Å². The maximum absolute atomic E-state index is 12.4. The Hall–Kier alpha value is -1.88. The first-order chi connectivity index (χ1) is 10.8. The molecule has 2 amide bonds. The van der Waals surface area contributed by atoms with E-state index in [4.69, 9.17) is 0 Å². The van der Waals surface area contributed by atoms with Crippen LogP contribution in [0, 0.1) is 0 Å². The minimum absolute atomic E-state index is 0.0930. The molecule has 0 atom stereocenters. The fourth-order valence-electron chi connectivity index (χ4n) is 2.76. The molecule has 5 nitrogen and oxygen atoms in total. The Labute approximate surface area is 139 Å². The van der Waals surface area contributed by atoms with Crippen LogP contribution in [0.2, 0.25) is 0 Å². The van der Waals surface area contributed by atoms with Gasteiger partial charge < -0.3 is 10.2 Å². The van der Waals surface area contributed by atoms with Crippen LogP contribution in [0.25, 0.3) is 0 Å². The quantitative estimate of drug-likeness (QED) is 0.837. The van der Waals surface area contributed by atoms with Crippen LogP contribution >= 0.6 is 0 Å². The van der Waals surface area contributed by atoms with Gasteiger partial charge in [-0.25, -0.2) is 0 Å². The summed E-state index contributed by atoms with van der Waals surface area (Å²) < 4.78 is 0. The summed E-state index contributed by atoms with van der Waals surface area (Å²) in [6, 6.07) is 7.85. The molecule has 0 aromatic heterocycles. The molecule has 1 aromatic rings. The lowest BCUT2D eigenvalue weighted by Gasteiger charge is -2.32. The zero-order valence-corrected chi connectivity index (χ0v) is 15.1. The van der Waals surface area contributed by atoms with Gasteiger partial charge in [-0.3, -0.25) is 14.5 Å². The van der Waals surface area contributed by atoms with Crippen molar-refractivity contribution in [3.8, 4) is 0 Å². The number of hydrogen-bond donors (Lipinski definition) is 1. The number of rotatable bonds is 7. The maximum atomic E-state index is 12.4. The zero-order valence-electron chi connectivity index (χ0n) is 15.1. The number of carbonyl (C=O) groups is 2. The molecule has 23 heavy (non-hydrogen) atoms. The van der Waals surface area contributed by atoms with Gasteiger partial charge in [0.25, 0.3) is 5.91 Å². The highest BCUT2D eigenvalue weighted by atomic mass is 16.2. The Balaban J connectivity index is 2.64. The van der Waals surface area contributed by atoms with Crippen LogP contribution in [0.4, 0.5) is 0 Å². The Bertz CT molecular complexity index is 516. The largest absolute Gasteiger partial charge is 0.355 e. The van der Waals surface area contributed by atoms with Gasteiger partial charge in [-0.2, -0.15) is 0 Å². The lowest BCUT2D eigenvalue weighted by molar-refractivity contribution is -0.135. The van der Waals surface area contributed by atoms with Gasteiger partial charge >= 0.3 is 0 Å². The number of benzene rings is 1. The molecule has 0 bridgehead atoms. The Morgan fingerprint density at radius 1 is 1.04 bits per heavy atom. The molecule has 1 aromatic carbocycles. The van der Waals surface area contributed by atoms with E-state index < -0.39 is 0 Å². The first kappa shape index (κ1) is 19.2. The number of amides is 2. The molecular weight excluding hydrogens is 290 g/mol. The van der Waals surface area contributed by atoms with Crippen molar-refractivity contribution in [1.82, 2.24) is 15.1 Å². The molecule has 0 radical (unpaired) electrons. The molecule has 0 aliphatic carbocycles. The minimum Gasteiger partial charge on any atom is -0.355 e. The predicted molar refractivity (Wildman–Crippen MR) is 93.3 cm³/mol. The molecule has 0 fully saturated rings. The van der Waals surface area contributed by atoms with Gasteiger partial charge in [-0.1, -0.05) is 12.1 Å². The molecule has 0 aliphatic heterocycles. The summed E-state index contributed by atoms with van der Waals surface area (Å²) in [5.74, 6) is 0.0454. The minimum atomic E-state index is -0.0930. The van der Waals surface area contributed by atoms with Crippen LogP contribution in [0.1, 0.15) is 43.6 Å². The summed E-state index contributed by atoms with van der Waals surface area (Å²) in [5, 5.41) is 2.60. The molecule has 0 spiro atoms. The van der Waals surface area contributed by atoms with Gasteiger partial charge in [0.1, 0.15) is 0 Å². The predicted octanol–water partition coefficient (Wildman–Crippen LogP) is 2.12. The standard InChI is InChI=1S/C18H29N3O2/c1-13(2)21(14(3)4)17(22)12-20(6)11-15-7-9-16(10-8-15)18(23)19-5/h7-10,13-14H,11-12H2,1-6H3,(H,19,23). The average molecular weight is 319 g/mol. The van der Waals surface area contributed by atoms with Gasteiger partial charge in [0.05, 0.1) is 6.54 Å². The highest BCUT2D eigenvalue weighted by molar-refractivity contribution is 5.93. The Morgan fingerprint density at radius 3 is 2.00 bits per heavy atom. The summed E-state index contributed by atoms with van der Waals surface area (Å²) >= 11 is 0. The van der Waals surface area contributed by atoms with E-state index in [0.29, 0.717) is 18.7 Å². The molecule has 1 N–H and O–H groups in total. The Kier molecular flexibility index (Phi) is 7.23. The zero-order chi connectivity index (χ0) is 17.6. The molecule has 128 valence electrons. The van der Waals surface area contributed by atoms with Crippen molar-refractivity contribution < 1.29 is 9.59 Å². The lowest BCUT2D eigenvalue weighted by Crippen LogP contribution is -2.46. The molecule has 0 heterocycles. The second-order valence-electron chi connectivity index (χ2n) is 6.44. The first-order valence-electron chi connectivity index (χ1n) is 8.07. The van der Waals surface area contributed by atoms with Crippen molar-refractivity contribution in [2.45, 2.75) is 46.3 Å². The van der Waals surface area contributed by atoms with Crippen LogP contribution in [-0.4, -0.2) is 54.3 Å². The highest BCUT2D eigenvalue weighted by Crippen LogP contribution is 2.09. The van der Waals surface area contributed by atoms with Crippen molar-refractivity contribution in [1.29, 1.82) is 0 Å². The van der Waals surface area contributed by atoms with Crippen molar-refractivity contribution in [3.05, 3.63) is 35.4 Å². The smallest absolute Gasteiger partial charge is 0.251 e. The van der Waals surface area contributed by atoms with Crippen LogP contribution in [0.3, 0.4) is 0 Å². The summed E-state index contributed by atoms with van der Waals surface area (Å²) in [6.45, 7) is 9.20. The summed E-state index contributed by atoms with van der Waals surface area (Å²) in [5.41, 5.74) is 1.72. The van der Waals surface area contributed by atoms with Crippen LogP contribution in [0.15, 0.2) is 24.3 Å². The van der Waals surface area contributed by atoms with Crippen LogP contribution in [-0.2, 0) is 11.3 Å². The van der Waals surface area contributed by atoms with E-state index in [1.54, 1.807) is 19.2 Å². The van der Waals surface area contributed by atoms with Gasteiger partial charge in [0, 0.05) is 31.2 Å². The van der Waals surface area contributed by atoms with Crippen molar-refractivity contribution in [3.63, 3.8) is 0 Å². The molecule has 5 heteroatoms. The summed E-state index contributed by atoms with van der Waals surface area (Å²) in [7, 11) is 3.55. The highest BCUT2D eigenvalue weighted by Gasteiger charge is 2.21. The van der Waals surface area contributed by atoms with E-state index in [1.165, 1.54) is 0 Å². The SMILES string of the molecule is CNC(=O)c1ccc(CN(C)CC(=O)N(C(C)C)C(C)C)cc1. The number of likely N-dealkylation sites (N-methyl/N-ethyl adjacent to an activating group) is 1. The fraction of sp³-hybridized carbons (Fsp3) is 0.556. The number of hydrogen-bond acceptors (Lipinski definition) is 3. The van der Waals surface area contributed by atoms with Gasteiger partial charge in [-0.15, -0.1) is 0 Å². The fourth-order valence-corrected chi connectivity index (χ4v) is 2.76. The summed E-state index contributed by atoms with van der Waals surface area (Å²) in [4.78, 5) is 27.9. The molecule has 0 saturated carbocycles. The molecule has 0 aliphatic rings. The van der Waals surface area contributed by atoms with Gasteiger partial charge in [0.2, 0.25) is 5.91 Å². The Morgan fingerprint density at radius 2 is 1.57 bits per heavy atom. The average Bonchev–Trinajstić information content (AvgIpc) is 2.46. The van der Waals surface area contributed by atoms with E-state index in [-0.39, 0.29) is 23.9 Å². The topological polar surface area (TPSA) is 52.7 Å². The normalized spacial score (nSPS) is 11.2. The van der Waals surface area contributed by atoms with E-state index in [2.05, 4.69) is 5.32 Å². The van der Waals surface area contributed by atoms with E-state index in [1.807, 2.05) is 56.7 Å². The third kappa shape index (κ3) is 5.67. The van der Waals surface area contributed by atoms with E-state index in [0.717, 1.165) is 5.56 Å². The second kappa shape index (κ2) is 8.67. The van der Waals surface area contributed by atoms with Crippen molar-refractivity contribution in [2.24, 2.45) is 0 Å². The van der Waals surface area contributed by atoms with Crippen LogP contribution < -0.4 is 5.32 Å². The third-order valence-corrected chi connectivity index (χ3v) is 3.70. The van der Waals surface area contributed by atoms with Crippen molar-refractivity contribution >= 4 is 11.8 Å². The van der Waals surface area contributed by atoms with Gasteiger partial charge in [0.15, 0.2) is 0 Å². The first-order valence-corrected chi connectivity index (χ1v) is 8.07. The third-order valence-electron chi connectivity index (χ3n) is 3.70. The molecular formula is C18H29N3O2. The summed E-state index contributed by atoms with van der Waals surface area (Å²) in [6.07, 6.45) is 0. The van der Waals surface area contributed by atoms with E-state index in [9.17, 15) is 9.59 Å². The molecule has 0 saturated heterocycles. The second-order valence-corrected chi connectivity index (χ2v) is 6.44. The molecule has 0 unspecified atom stereocenters. The van der Waals surface area contributed by atoms with Crippen LogP contribution in [0.5, 0.6) is 0 Å². The maximum Gasteiger partial charge on any atom is 0.251 e. The number of nitrogens with one attached hydrogen (secondary N) is 1. The van der Waals surface area contributed by atoms with Crippen molar-refractivity contribution in [2.75, 3.05) is 20.6 Å². The lowest BCUT2D eigenvalue weighted by atomic mass is 10.1.